The number of hydrogen-bond acceptors (Lipinski definition) is 4. The lowest BCUT2D eigenvalue weighted by Crippen LogP contribution is -2.13. The molecule has 0 atom stereocenters. The Kier molecular flexibility index (Phi) is 4.15. The third kappa shape index (κ3) is 2.92. The Labute approximate surface area is 147 Å². The second-order valence-corrected chi connectivity index (χ2v) is 7.87. The summed E-state index contributed by atoms with van der Waals surface area (Å²) < 4.78 is 28.1. The number of hydrogen-bond donors (Lipinski definition) is 3. The SMILES string of the molecule is Cc1c(O)cc(Br)c2cc(S(=O)(=O)Nc3ccccc3O)ccc12. The third-order valence-corrected chi connectivity index (χ3v) is 5.78. The van der Waals surface area contributed by atoms with Gasteiger partial charge in [-0.15, -0.1) is 0 Å². The van der Waals surface area contributed by atoms with E-state index >= 15 is 0 Å². The van der Waals surface area contributed by atoms with Gasteiger partial charge in [-0.2, -0.15) is 0 Å². The molecule has 0 heterocycles. The second kappa shape index (κ2) is 5.99. The number of halogens is 1. The zero-order valence-electron chi connectivity index (χ0n) is 12.6. The Bertz CT molecular complexity index is 1050. The van der Waals surface area contributed by atoms with E-state index in [0.717, 1.165) is 5.39 Å². The Morgan fingerprint density at radius 2 is 1.67 bits per heavy atom. The van der Waals surface area contributed by atoms with E-state index in [2.05, 4.69) is 20.7 Å². The minimum absolute atomic E-state index is 0.0593. The molecule has 124 valence electrons. The molecule has 3 aromatic rings. The molecule has 24 heavy (non-hydrogen) atoms. The monoisotopic (exact) mass is 407 g/mol. The van der Waals surface area contributed by atoms with E-state index in [1.807, 2.05) is 0 Å². The predicted molar refractivity (Wildman–Crippen MR) is 97.0 cm³/mol. The molecule has 3 aromatic carbocycles. The van der Waals surface area contributed by atoms with Gasteiger partial charge in [0.05, 0.1) is 10.6 Å². The van der Waals surface area contributed by atoms with Crippen molar-refractivity contribution in [1.82, 2.24) is 0 Å². The summed E-state index contributed by atoms with van der Waals surface area (Å²) >= 11 is 3.35. The topological polar surface area (TPSA) is 86.6 Å². The van der Waals surface area contributed by atoms with Crippen molar-refractivity contribution in [3.8, 4) is 11.5 Å². The summed E-state index contributed by atoms with van der Waals surface area (Å²) in [6.45, 7) is 1.76. The van der Waals surface area contributed by atoms with Crippen LogP contribution in [0.25, 0.3) is 10.8 Å². The van der Waals surface area contributed by atoms with Gasteiger partial charge in [-0.3, -0.25) is 4.72 Å². The van der Waals surface area contributed by atoms with Gasteiger partial charge in [0.15, 0.2) is 0 Å². The van der Waals surface area contributed by atoms with E-state index in [0.29, 0.717) is 15.4 Å². The van der Waals surface area contributed by atoms with Gasteiger partial charge >= 0.3 is 0 Å². The maximum absolute atomic E-state index is 12.6. The van der Waals surface area contributed by atoms with Gasteiger partial charge in [0.2, 0.25) is 0 Å². The molecule has 0 aliphatic rings. The maximum atomic E-state index is 12.6. The predicted octanol–water partition coefficient (Wildman–Crippen LogP) is 4.12. The van der Waals surface area contributed by atoms with Gasteiger partial charge in [0.25, 0.3) is 10.0 Å². The fourth-order valence-corrected chi connectivity index (χ4v) is 4.07. The van der Waals surface area contributed by atoms with E-state index in [-0.39, 0.29) is 22.1 Å². The molecule has 0 aromatic heterocycles. The number of para-hydroxylation sites is 2. The van der Waals surface area contributed by atoms with Crippen LogP contribution >= 0.6 is 15.9 Å². The van der Waals surface area contributed by atoms with Crippen molar-refractivity contribution in [2.45, 2.75) is 11.8 Å². The molecule has 0 spiro atoms. The van der Waals surface area contributed by atoms with Crippen LogP contribution in [0.4, 0.5) is 5.69 Å². The molecule has 0 aliphatic heterocycles. The summed E-state index contributed by atoms with van der Waals surface area (Å²) in [5, 5.41) is 21.0. The van der Waals surface area contributed by atoms with Crippen LogP contribution in [0.5, 0.6) is 11.5 Å². The number of rotatable bonds is 3. The van der Waals surface area contributed by atoms with Crippen molar-refractivity contribution in [3.63, 3.8) is 0 Å². The lowest BCUT2D eigenvalue weighted by molar-refractivity contribution is 0.472. The summed E-state index contributed by atoms with van der Waals surface area (Å²) in [4.78, 5) is 0.0593. The van der Waals surface area contributed by atoms with Crippen LogP contribution < -0.4 is 4.72 Å². The summed E-state index contributed by atoms with van der Waals surface area (Å²) in [6, 6.07) is 12.3. The first-order valence-corrected chi connectivity index (χ1v) is 9.30. The van der Waals surface area contributed by atoms with Crippen LogP contribution in [0.2, 0.25) is 0 Å². The summed E-state index contributed by atoms with van der Waals surface area (Å²) in [5.74, 6) is -0.0128. The zero-order valence-corrected chi connectivity index (χ0v) is 15.0. The molecule has 0 radical (unpaired) electrons. The quantitative estimate of drug-likeness (QED) is 0.569. The molecular formula is C17H14BrNO4S. The van der Waals surface area contributed by atoms with Gasteiger partial charge in [0.1, 0.15) is 11.5 Å². The van der Waals surface area contributed by atoms with E-state index in [1.165, 1.54) is 30.3 Å². The number of aryl methyl sites for hydroxylation is 1. The number of nitrogens with one attached hydrogen (secondary N) is 1. The van der Waals surface area contributed by atoms with E-state index in [9.17, 15) is 18.6 Å². The third-order valence-electron chi connectivity index (χ3n) is 3.76. The molecule has 0 aliphatic carbocycles. The Morgan fingerprint density at radius 3 is 2.38 bits per heavy atom. The molecule has 3 N–H and O–H groups in total. The molecular weight excluding hydrogens is 394 g/mol. The average Bonchev–Trinajstić information content (AvgIpc) is 2.54. The molecule has 0 saturated carbocycles. The normalized spacial score (nSPS) is 11.6. The number of phenols is 2. The van der Waals surface area contributed by atoms with Crippen molar-refractivity contribution in [2.75, 3.05) is 4.72 Å². The van der Waals surface area contributed by atoms with Crippen LogP contribution in [-0.4, -0.2) is 18.6 Å². The highest BCUT2D eigenvalue weighted by molar-refractivity contribution is 9.10. The lowest BCUT2D eigenvalue weighted by atomic mass is 10.0. The van der Waals surface area contributed by atoms with Crippen molar-refractivity contribution >= 4 is 42.4 Å². The minimum Gasteiger partial charge on any atom is -0.508 e. The number of benzene rings is 3. The molecule has 7 heteroatoms. The van der Waals surface area contributed by atoms with Gasteiger partial charge in [0, 0.05) is 4.47 Å². The average molecular weight is 408 g/mol. The zero-order chi connectivity index (χ0) is 17.5. The number of fused-ring (bicyclic) bond motifs is 1. The van der Waals surface area contributed by atoms with Crippen LogP contribution in [-0.2, 0) is 10.0 Å². The first kappa shape index (κ1) is 16.6. The fourth-order valence-electron chi connectivity index (χ4n) is 2.42. The molecule has 5 nitrogen and oxygen atoms in total. The molecule has 0 bridgehead atoms. The van der Waals surface area contributed by atoms with E-state index in [1.54, 1.807) is 25.1 Å². The Balaban J connectivity index is 2.10. The first-order chi connectivity index (χ1) is 11.3. The second-order valence-electron chi connectivity index (χ2n) is 5.33. The van der Waals surface area contributed by atoms with Crippen LogP contribution in [0, 0.1) is 6.92 Å². The number of phenolic OH excluding ortho intramolecular Hbond substituents is 2. The maximum Gasteiger partial charge on any atom is 0.262 e. The number of sulfonamides is 1. The van der Waals surface area contributed by atoms with Crippen molar-refractivity contribution in [3.05, 3.63) is 58.6 Å². The number of aromatic hydroxyl groups is 2. The highest BCUT2D eigenvalue weighted by Crippen LogP contribution is 2.35. The van der Waals surface area contributed by atoms with Crippen molar-refractivity contribution < 1.29 is 18.6 Å². The molecule has 0 saturated heterocycles. The minimum atomic E-state index is -3.86. The van der Waals surface area contributed by atoms with Crippen LogP contribution in [0.3, 0.4) is 0 Å². The lowest BCUT2D eigenvalue weighted by Gasteiger charge is -2.12. The number of anilines is 1. The highest BCUT2D eigenvalue weighted by atomic mass is 79.9. The summed E-state index contributed by atoms with van der Waals surface area (Å²) in [5.41, 5.74) is 0.782. The smallest absolute Gasteiger partial charge is 0.262 e. The summed E-state index contributed by atoms with van der Waals surface area (Å²) in [6.07, 6.45) is 0. The van der Waals surface area contributed by atoms with E-state index in [4.69, 9.17) is 0 Å². The Morgan fingerprint density at radius 1 is 0.958 bits per heavy atom. The fraction of sp³-hybridized carbons (Fsp3) is 0.0588. The first-order valence-electron chi connectivity index (χ1n) is 7.02. The van der Waals surface area contributed by atoms with Crippen molar-refractivity contribution in [1.29, 1.82) is 0 Å². The molecule has 3 rings (SSSR count). The van der Waals surface area contributed by atoms with Crippen molar-refractivity contribution in [2.24, 2.45) is 0 Å². The van der Waals surface area contributed by atoms with Crippen LogP contribution in [0.15, 0.2) is 57.9 Å². The molecule has 0 unspecified atom stereocenters. The largest absolute Gasteiger partial charge is 0.508 e. The van der Waals surface area contributed by atoms with Gasteiger partial charge < -0.3 is 10.2 Å². The highest BCUT2D eigenvalue weighted by Gasteiger charge is 2.18. The molecule has 0 amide bonds. The van der Waals surface area contributed by atoms with Crippen LogP contribution in [0.1, 0.15) is 5.56 Å². The standard InChI is InChI=1S/C17H14BrNO4S/c1-10-12-7-6-11(8-13(12)14(18)9-17(10)21)24(22,23)19-15-4-2-3-5-16(15)20/h2-9,19-21H,1H3. The summed E-state index contributed by atoms with van der Waals surface area (Å²) in [7, 11) is -3.86. The van der Waals surface area contributed by atoms with Gasteiger partial charge in [-0.25, -0.2) is 8.42 Å². The van der Waals surface area contributed by atoms with Gasteiger partial charge in [-0.1, -0.05) is 34.1 Å². The van der Waals surface area contributed by atoms with Gasteiger partial charge in [-0.05, 0) is 53.6 Å². The van der Waals surface area contributed by atoms with E-state index < -0.39 is 10.0 Å². The Hall–Kier alpha value is -2.25. The molecule has 0 fully saturated rings.